The van der Waals surface area contributed by atoms with Gasteiger partial charge in [0.15, 0.2) is 0 Å². The van der Waals surface area contributed by atoms with E-state index in [1.807, 2.05) is 6.08 Å². The van der Waals surface area contributed by atoms with Gasteiger partial charge < -0.3 is 10.6 Å². The van der Waals surface area contributed by atoms with Crippen LogP contribution >= 0.6 is 12.4 Å². The van der Waals surface area contributed by atoms with Gasteiger partial charge >= 0.3 is 0 Å². The van der Waals surface area contributed by atoms with Crippen LogP contribution in [0.4, 0.5) is 0 Å². The van der Waals surface area contributed by atoms with E-state index < -0.39 is 0 Å². The number of hydrogen-bond acceptors (Lipinski definition) is 2. The highest BCUT2D eigenvalue weighted by Crippen LogP contribution is 2.10. The maximum Gasteiger partial charge on any atom is 0.244 e. The van der Waals surface area contributed by atoms with Crippen molar-refractivity contribution in [3.05, 3.63) is 11.6 Å². The van der Waals surface area contributed by atoms with E-state index in [9.17, 15) is 4.79 Å². The third kappa shape index (κ3) is 28.5. The molecule has 0 aliphatic carbocycles. The molecule has 3 nitrogen and oxygen atoms in total. The van der Waals surface area contributed by atoms with Crippen molar-refractivity contribution in [2.75, 3.05) is 20.6 Å². The molecule has 0 aromatic carbocycles. The van der Waals surface area contributed by atoms with Gasteiger partial charge in [-0.25, -0.2) is 0 Å². The van der Waals surface area contributed by atoms with Crippen LogP contribution in [0.5, 0.6) is 0 Å². The zero-order valence-corrected chi connectivity index (χ0v) is 18.4. The number of carbonyl (C=O) groups is 1. The van der Waals surface area contributed by atoms with E-state index in [0.717, 1.165) is 12.8 Å². The molecule has 0 radical (unpaired) electrons. The molecule has 2 N–H and O–H groups in total. The van der Waals surface area contributed by atoms with Gasteiger partial charge in [-0.3, -0.25) is 4.79 Å². The van der Waals surface area contributed by atoms with Crippen LogP contribution in [-0.2, 0) is 4.79 Å². The summed E-state index contributed by atoms with van der Waals surface area (Å²) >= 11 is 0. The molecular weight excluding hydrogens is 332 g/mol. The van der Waals surface area contributed by atoms with E-state index in [1.165, 1.54) is 70.8 Å². The number of unbranched alkanes of at least 4 members (excludes halogenated alkanes) is 10. The molecular formula is C21H45ClN2O. The molecule has 0 atom stereocenters. The average Bonchev–Trinajstić information content (AvgIpc) is 2.54. The number of amides is 1. The van der Waals surface area contributed by atoms with Crippen molar-refractivity contribution in [2.24, 2.45) is 5.73 Å². The Kier molecular flexibility index (Phi) is 27.4. The van der Waals surface area contributed by atoms with Gasteiger partial charge in [0.05, 0.1) is 0 Å². The Bertz CT molecular complexity index is 304. The lowest BCUT2D eigenvalue weighted by molar-refractivity contribution is -0.114. The largest absolute Gasteiger partial charge is 0.366 e. The van der Waals surface area contributed by atoms with Crippen LogP contribution in [-0.4, -0.2) is 31.4 Å². The molecule has 25 heavy (non-hydrogen) atoms. The first-order valence-corrected chi connectivity index (χ1v) is 10.1. The molecule has 0 saturated carbocycles. The standard InChI is InChI=1S/C14H31N.C7H13NO.ClH/c1-4-5-6-7-8-9-10-11-12-13-14-15(2)3;1-3-4-5-6(2)7(8)9;/h4-14H2,1-3H3;5H,3-4H2,1-2H3,(H2,8,9);1H. The first-order chi connectivity index (χ1) is 11.5. The van der Waals surface area contributed by atoms with Crippen LogP contribution in [0, 0.1) is 0 Å². The van der Waals surface area contributed by atoms with Crippen LogP contribution in [0.3, 0.4) is 0 Å². The number of nitrogens with two attached hydrogens (primary N) is 1. The van der Waals surface area contributed by atoms with Crippen LogP contribution in [0.15, 0.2) is 11.6 Å². The summed E-state index contributed by atoms with van der Waals surface area (Å²) < 4.78 is 0. The number of rotatable bonds is 14. The number of hydrogen-bond donors (Lipinski definition) is 1. The molecule has 0 aliphatic rings. The van der Waals surface area contributed by atoms with Gasteiger partial charge in [-0.1, -0.05) is 84.1 Å². The van der Waals surface area contributed by atoms with Crippen LogP contribution < -0.4 is 5.73 Å². The van der Waals surface area contributed by atoms with E-state index in [2.05, 4.69) is 32.8 Å². The molecule has 152 valence electrons. The minimum atomic E-state index is -0.316. The molecule has 0 spiro atoms. The van der Waals surface area contributed by atoms with E-state index in [1.54, 1.807) is 6.92 Å². The lowest BCUT2D eigenvalue weighted by atomic mass is 10.1. The van der Waals surface area contributed by atoms with Crippen molar-refractivity contribution in [3.8, 4) is 0 Å². The van der Waals surface area contributed by atoms with Crippen molar-refractivity contribution < 1.29 is 4.79 Å². The summed E-state index contributed by atoms with van der Waals surface area (Å²) in [7, 11) is 4.32. The Morgan fingerprint density at radius 3 is 1.64 bits per heavy atom. The van der Waals surface area contributed by atoms with Gasteiger partial charge in [0.1, 0.15) is 0 Å². The van der Waals surface area contributed by atoms with Crippen LogP contribution in [0.25, 0.3) is 0 Å². The molecule has 0 unspecified atom stereocenters. The van der Waals surface area contributed by atoms with E-state index in [-0.39, 0.29) is 18.3 Å². The fraction of sp³-hybridized carbons (Fsp3) is 0.857. The monoisotopic (exact) mass is 376 g/mol. The van der Waals surface area contributed by atoms with Gasteiger partial charge in [-0.15, -0.1) is 12.4 Å². The normalized spacial score (nSPS) is 10.9. The first-order valence-electron chi connectivity index (χ1n) is 10.1. The topological polar surface area (TPSA) is 46.3 Å². The zero-order valence-electron chi connectivity index (χ0n) is 17.6. The second-order valence-corrected chi connectivity index (χ2v) is 7.03. The minimum absolute atomic E-state index is 0. The third-order valence-electron chi connectivity index (χ3n) is 4.09. The zero-order chi connectivity index (χ0) is 18.6. The molecule has 0 aromatic rings. The number of nitrogens with zero attached hydrogens (tertiary/aromatic N) is 1. The molecule has 0 heterocycles. The van der Waals surface area contributed by atoms with Crippen molar-refractivity contribution in [3.63, 3.8) is 0 Å². The maximum absolute atomic E-state index is 10.4. The molecule has 0 rings (SSSR count). The summed E-state index contributed by atoms with van der Waals surface area (Å²) in [5, 5.41) is 0. The van der Waals surface area contributed by atoms with Gasteiger partial charge in [0.25, 0.3) is 0 Å². The van der Waals surface area contributed by atoms with Crippen molar-refractivity contribution >= 4 is 18.3 Å². The van der Waals surface area contributed by atoms with Crippen molar-refractivity contribution in [2.45, 2.75) is 97.8 Å². The summed E-state index contributed by atoms with van der Waals surface area (Å²) in [4.78, 5) is 12.6. The minimum Gasteiger partial charge on any atom is -0.366 e. The number of carbonyl (C=O) groups excluding carboxylic acids is 1. The van der Waals surface area contributed by atoms with Crippen molar-refractivity contribution in [1.82, 2.24) is 4.90 Å². The van der Waals surface area contributed by atoms with Crippen LogP contribution in [0.1, 0.15) is 97.8 Å². The summed E-state index contributed by atoms with van der Waals surface area (Å²) in [6, 6.07) is 0. The van der Waals surface area contributed by atoms with E-state index >= 15 is 0 Å². The fourth-order valence-electron chi connectivity index (χ4n) is 2.38. The summed E-state index contributed by atoms with van der Waals surface area (Å²) in [6.07, 6.45) is 18.2. The van der Waals surface area contributed by atoms with Gasteiger partial charge in [0, 0.05) is 5.57 Å². The molecule has 1 amide bonds. The molecule has 4 heteroatoms. The summed E-state index contributed by atoms with van der Waals surface area (Å²) in [6.45, 7) is 7.34. The predicted octanol–water partition coefficient (Wildman–Crippen LogP) is 6.11. The van der Waals surface area contributed by atoms with Crippen molar-refractivity contribution in [1.29, 1.82) is 0 Å². The van der Waals surface area contributed by atoms with Gasteiger partial charge in [-0.05, 0) is 40.4 Å². The number of primary amides is 1. The number of allylic oxidation sites excluding steroid dienone is 1. The number of halogens is 1. The Hall–Kier alpha value is -0.540. The average molecular weight is 377 g/mol. The lowest BCUT2D eigenvalue weighted by Gasteiger charge is -2.08. The maximum atomic E-state index is 10.4. The molecule has 0 aromatic heterocycles. The highest BCUT2D eigenvalue weighted by atomic mass is 35.5. The highest BCUT2D eigenvalue weighted by Gasteiger charge is 1.94. The van der Waals surface area contributed by atoms with Gasteiger partial charge in [-0.2, -0.15) is 0 Å². The van der Waals surface area contributed by atoms with E-state index in [4.69, 9.17) is 5.73 Å². The Balaban J connectivity index is -0.000000418. The Morgan fingerprint density at radius 2 is 1.28 bits per heavy atom. The quantitative estimate of drug-likeness (QED) is 0.293. The molecule has 0 bridgehead atoms. The molecule has 0 saturated heterocycles. The smallest absolute Gasteiger partial charge is 0.244 e. The molecule has 0 aliphatic heterocycles. The van der Waals surface area contributed by atoms with E-state index in [0.29, 0.717) is 5.57 Å². The Morgan fingerprint density at radius 1 is 0.840 bits per heavy atom. The Labute approximate surface area is 164 Å². The SMILES string of the molecule is CCCC=C(C)C(N)=O.CCCCCCCCCCCCN(C)C.Cl. The highest BCUT2D eigenvalue weighted by molar-refractivity contribution is 5.91. The lowest BCUT2D eigenvalue weighted by Crippen LogP contribution is -2.12. The first kappa shape index (κ1) is 29.2. The fourth-order valence-corrected chi connectivity index (χ4v) is 2.38. The second kappa shape index (κ2) is 23.5. The molecule has 0 fully saturated rings. The van der Waals surface area contributed by atoms with Gasteiger partial charge in [0.2, 0.25) is 5.91 Å². The summed E-state index contributed by atoms with van der Waals surface area (Å²) in [5.41, 5.74) is 5.63. The summed E-state index contributed by atoms with van der Waals surface area (Å²) in [5.74, 6) is -0.316. The predicted molar refractivity (Wildman–Crippen MR) is 116 cm³/mol. The van der Waals surface area contributed by atoms with Crippen LogP contribution in [0.2, 0.25) is 0 Å². The second-order valence-electron chi connectivity index (χ2n) is 7.03. The third-order valence-corrected chi connectivity index (χ3v) is 4.09.